The van der Waals surface area contributed by atoms with Crippen molar-refractivity contribution in [1.29, 1.82) is 0 Å². The Balaban J connectivity index is 2.03. The van der Waals surface area contributed by atoms with Crippen LogP contribution in [0.15, 0.2) is 16.5 Å². The van der Waals surface area contributed by atoms with Crippen molar-refractivity contribution in [2.24, 2.45) is 0 Å². The van der Waals surface area contributed by atoms with Gasteiger partial charge in [0.2, 0.25) is 5.76 Å². The van der Waals surface area contributed by atoms with Crippen LogP contribution >= 0.6 is 11.6 Å². The summed E-state index contributed by atoms with van der Waals surface area (Å²) in [5, 5.41) is 10.4. The van der Waals surface area contributed by atoms with Gasteiger partial charge in [-0.2, -0.15) is 0 Å². The summed E-state index contributed by atoms with van der Waals surface area (Å²) in [7, 11) is 0. The first kappa shape index (κ1) is 13.5. The predicted molar refractivity (Wildman–Crippen MR) is 77.4 cm³/mol. The van der Waals surface area contributed by atoms with Crippen LogP contribution in [0.2, 0.25) is 5.02 Å². The number of hydrogen-bond acceptors (Lipinski definition) is 3. The largest absolute Gasteiger partial charge is 0.475 e. The Kier molecular flexibility index (Phi) is 3.44. The molecule has 0 saturated carbocycles. The molecule has 1 fully saturated rings. The highest BCUT2D eigenvalue weighted by molar-refractivity contribution is 6.35. The molecule has 0 bridgehead atoms. The van der Waals surface area contributed by atoms with Crippen LogP contribution in [-0.4, -0.2) is 29.1 Å². The van der Waals surface area contributed by atoms with Gasteiger partial charge in [0, 0.05) is 17.5 Å². The van der Waals surface area contributed by atoms with Crippen LogP contribution < -0.4 is 0 Å². The van der Waals surface area contributed by atoms with E-state index in [4.69, 9.17) is 21.1 Å². The van der Waals surface area contributed by atoms with Gasteiger partial charge >= 0.3 is 5.97 Å². The van der Waals surface area contributed by atoms with E-state index in [9.17, 15) is 4.79 Å². The van der Waals surface area contributed by atoms with Crippen molar-refractivity contribution < 1.29 is 14.3 Å². The normalized spacial score (nSPS) is 16.1. The Labute approximate surface area is 121 Å². The number of furan rings is 1. The Hall–Kier alpha value is -1.52. The van der Waals surface area contributed by atoms with Gasteiger partial charge in [0.25, 0.3) is 0 Å². The molecule has 5 heteroatoms. The van der Waals surface area contributed by atoms with Crippen molar-refractivity contribution in [2.75, 3.05) is 13.1 Å². The van der Waals surface area contributed by atoms with Crippen LogP contribution in [-0.2, 0) is 6.54 Å². The lowest BCUT2D eigenvalue weighted by atomic mass is 10.1. The van der Waals surface area contributed by atoms with E-state index in [1.54, 1.807) is 6.92 Å². The van der Waals surface area contributed by atoms with Gasteiger partial charge in [0.15, 0.2) is 5.58 Å². The number of carbonyl (C=O) groups is 1. The van der Waals surface area contributed by atoms with Crippen molar-refractivity contribution >= 4 is 28.5 Å². The lowest BCUT2D eigenvalue weighted by Crippen LogP contribution is -2.18. The molecule has 0 unspecified atom stereocenters. The summed E-state index contributed by atoms with van der Waals surface area (Å²) in [5.74, 6) is -1.09. The van der Waals surface area contributed by atoms with Crippen LogP contribution in [0.1, 0.15) is 34.5 Å². The average molecular weight is 294 g/mol. The van der Waals surface area contributed by atoms with Gasteiger partial charge in [-0.1, -0.05) is 11.6 Å². The second kappa shape index (κ2) is 5.11. The number of fused-ring (bicyclic) bond motifs is 1. The summed E-state index contributed by atoms with van der Waals surface area (Å²) >= 11 is 6.23. The maximum absolute atomic E-state index is 11.1. The van der Waals surface area contributed by atoms with E-state index in [0.29, 0.717) is 16.2 Å². The van der Waals surface area contributed by atoms with Gasteiger partial charge in [-0.15, -0.1) is 0 Å². The molecule has 20 heavy (non-hydrogen) atoms. The first-order valence-corrected chi connectivity index (χ1v) is 7.11. The summed E-state index contributed by atoms with van der Waals surface area (Å²) in [6.45, 7) is 4.83. The molecule has 4 nitrogen and oxygen atoms in total. The molecule has 1 aliphatic rings. The second-order valence-electron chi connectivity index (χ2n) is 5.30. The Morgan fingerprint density at radius 1 is 1.40 bits per heavy atom. The molecular weight excluding hydrogens is 278 g/mol. The van der Waals surface area contributed by atoms with Crippen molar-refractivity contribution in [3.05, 3.63) is 34.0 Å². The zero-order valence-corrected chi connectivity index (χ0v) is 12.0. The molecule has 1 aromatic carbocycles. The first-order valence-electron chi connectivity index (χ1n) is 6.73. The number of rotatable bonds is 3. The van der Waals surface area contributed by atoms with E-state index >= 15 is 0 Å². The third-order valence-electron chi connectivity index (χ3n) is 3.85. The standard InChI is InChI=1S/C15H16ClNO3/c1-9-11-6-10(8-17-4-2-3-5-17)7-12(16)14(11)20-13(9)15(18)19/h6-7H,2-5,8H2,1H3,(H,18,19). The van der Waals surface area contributed by atoms with E-state index in [0.717, 1.165) is 30.6 Å². The molecule has 2 heterocycles. The third kappa shape index (κ3) is 2.30. The molecule has 0 spiro atoms. The molecule has 1 N–H and O–H groups in total. The van der Waals surface area contributed by atoms with E-state index < -0.39 is 5.97 Å². The van der Waals surface area contributed by atoms with Gasteiger partial charge in [-0.05, 0) is 50.6 Å². The molecule has 3 rings (SSSR count). The first-order chi connectivity index (χ1) is 9.56. The molecular formula is C15H16ClNO3. The number of aromatic carboxylic acids is 1. The van der Waals surface area contributed by atoms with E-state index in [-0.39, 0.29) is 5.76 Å². The number of benzene rings is 1. The maximum Gasteiger partial charge on any atom is 0.372 e. The number of carboxylic acids is 1. The fourth-order valence-corrected chi connectivity index (χ4v) is 3.11. The Morgan fingerprint density at radius 3 is 2.75 bits per heavy atom. The van der Waals surface area contributed by atoms with Crippen LogP contribution in [0.3, 0.4) is 0 Å². The highest BCUT2D eigenvalue weighted by atomic mass is 35.5. The molecule has 2 aromatic rings. The predicted octanol–water partition coefficient (Wildman–Crippen LogP) is 3.69. The highest BCUT2D eigenvalue weighted by Crippen LogP contribution is 2.32. The monoisotopic (exact) mass is 293 g/mol. The van der Waals surface area contributed by atoms with Crippen molar-refractivity contribution in [1.82, 2.24) is 4.90 Å². The Bertz CT molecular complexity index is 671. The number of likely N-dealkylation sites (tertiary alicyclic amines) is 1. The zero-order valence-electron chi connectivity index (χ0n) is 11.3. The van der Waals surface area contributed by atoms with Crippen molar-refractivity contribution in [2.45, 2.75) is 26.3 Å². The molecule has 106 valence electrons. The molecule has 0 atom stereocenters. The van der Waals surface area contributed by atoms with Gasteiger partial charge < -0.3 is 9.52 Å². The molecule has 1 aromatic heterocycles. The van der Waals surface area contributed by atoms with Gasteiger partial charge in [-0.25, -0.2) is 4.79 Å². The number of aryl methyl sites for hydroxylation is 1. The van der Waals surface area contributed by atoms with Crippen molar-refractivity contribution in [3.8, 4) is 0 Å². The summed E-state index contributed by atoms with van der Waals surface area (Å²) in [4.78, 5) is 13.5. The summed E-state index contributed by atoms with van der Waals surface area (Å²) < 4.78 is 5.37. The zero-order chi connectivity index (χ0) is 14.3. The number of nitrogens with zero attached hydrogens (tertiary/aromatic N) is 1. The average Bonchev–Trinajstić information content (AvgIpc) is 2.99. The topological polar surface area (TPSA) is 53.7 Å². The maximum atomic E-state index is 11.1. The smallest absolute Gasteiger partial charge is 0.372 e. The molecule has 1 saturated heterocycles. The SMILES string of the molecule is Cc1c(C(=O)O)oc2c(Cl)cc(CN3CCCC3)cc12. The summed E-state index contributed by atoms with van der Waals surface area (Å²) in [5.41, 5.74) is 2.20. The summed E-state index contributed by atoms with van der Waals surface area (Å²) in [6, 6.07) is 3.86. The third-order valence-corrected chi connectivity index (χ3v) is 4.13. The molecule has 1 aliphatic heterocycles. The minimum Gasteiger partial charge on any atom is -0.475 e. The van der Waals surface area contributed by atoms with Gasteiger partial charge in [-0.3, -0.25) is 4.90 Å². The van der Waals surface area contributed by atoms with E-state index in [1.165, 1.54) is 12.8 Å². The quantitative estimate of drug-likeness (QED) is 0.938. The highest BCUT2D eigenvalue weighted by Gasteiger charge is 2.20. The van der Waals surface area contributed by atoms with Crippen LogP contribution in [0.5, 0.6) is 0 Å². The molecule has 0 aliphatic carbocycles. The van der Waals surface area contributed by atoms with Crippen LogP contribution in [0, 0.1) is 6.92 Å². The number of carboxylic acid groups (broad SMARTS) is 1. The van der Waals surface area contributed by atoms with Gasteiger partial charge in [0.05, 0.1) is 5.02 Å². The van der Waals surface area contributed by atoms with Crippen molar-refractivity contribution in [3.63, 3.8) is 0 Å². The Morgan fingerprint density at radius 2 is 2.10 bits per heavy atom. The fourth-order valence-electron chi connectivity index (χ4n) is 2.83. The lowest BCUT2D eigenvalue weighted by Gasteiger charge is -2.14. The summed E-state index contributed by atoms with van der Waals surface area (Å²) in [6.07, 6.45) is 2.48. The second-order valence-corrected chi connectivity index (χ2v) is 5.71. The number of halogens is 1. The van der Waals surface area contributed by atoms with Gasteiger partial charge in [0.1, 0.15) is 0 Å². The van der Waals surface area contributed by atoms with Crippen LogP contribution in [0.25, 0.3) is 11.0 Å². The van der Waals surface area contributed by atoms with Crippen LogP contribution in [0.4, 0.5) is 0 Å². The molecule has 0 radical (unpaired) electrons. The fraction of sp³-hybridized carbons (Fsp3) is 0.400. The van der Waals surface area contributed by atoms with E-state index in [1.807, 2.05) is 12.1 Å². The number of hydrogen-bond donors (Lipinski definition) is 1. The van der Waals surface area contributed by atoms with E-state index in [2.05, 4.69) is 4.90 Å². The minimum absolute atomic E-state index is 0.0276. The lowest BCUT2D eigenvalue weighted by molar-refractivity contribution is 0.0664. The molecule has 0 amide bonds. The minimum atomic E-state index is -1.06.